The molecule has 2 amide bonds. The standard InChI is InChI=1S/C22H25N5O3/c28-21(17-3-1-2-16-4-6-23-20(16)17)24-13-15-5-7-27-19(12-15)18(14-25-27)22(29)26-8-10-30-11-9-26/h1-4,6,14-15,23H,5,7-13H2,(H,24,28)/t15-/m1/s1. The molecule has 2 aliphatic heterocycles. The van der Waals surface area contributed by atoms with Crippen molar-refractivity contribution < 1.29 is 14.3 Å². The summed E-state index contributed by atoms with van der Waals surface area (Å²) in [4.78, 5) is 30.7. The second-order valence-electron chi connectivity index (χ2n) is 7.95. The Bertz CT molecular complexity index is 1080. The molecule has 0 bridgehead atoms. The van der Waals surface area contributed by atoms with Gasteiger partial charge in [0.2, 0.25) is 0 Å². The van der Waals surface area contributed by atoms with Crippen molar-refractivity contribution in [3.8, 4) is 0 Å². The first-order valence-corrected chi connectivity index (χ1v) is 10.5. The predicted molar refractivity (Wildman–Crippen MR) is 111 cm³/mol. The molecule has 1 atom stereocenters. The van der Waals surface area contributed by atoms with E-state index in [4.69, 9.17) is 4.74 Å². The number of nitrogens with one attached hydrogen (secondary N) is 2. The number of ether oxygens (including phenoxy) is 1. The topological polar surface area (TPSA) is 92.2 Å². The van der Waals surface area contributed by atoms with Crippen LogP contribution in [0.5, 0.6) is 0 Å². The van der Waals surface area contributed by atoms with Gasteiger partial charge in [0.05, 0.1) is 41.7 Å². The molecular formula is C22H25N5O3. The van der Waals surface area contributed by atoms with Gasteiger partial charge in [-0.2, -0.15) is 5.10 Å². The molecule has 2 aliphatic rings. The molecule has 1 fully saturated rings. The van der Waals surface area contributed by atoms with Gasteiger partial charge in [-0.25, -0.2) is 0 Å². The second-order valence-corrected chi connectivity index (χ2v) is 7.95. The first-order valence-electron chi connectivity index (χ1n) is 10.5. The van der Waals surface area contributed by atoms with Crippen LogP contribution in [-0.2, 0) is 17.7 Å². The number of aromatic nitrogens is 3. The van der Waals surface area contributed by atoms with Crippen molar-refractivity contribution in [2.24, 2.45) is 5.92 Å². The van der Waals surface area contributed by atoms with Gasteiger partial charge >= 0.3 is 0 Å². The number of H-pyrrole nitrogens is 1. The van der Waals surface area contributed by atoms with Crippen molar-refractivity contribution >= 4 is 22.7 Å². The largest absolute Gasteiger partial charge is 0.378 e. The maximum absolute atomic E-state index is 12.9. The van der Waals surface area contributed by atoms with Crippen molar-refractivity contribution in [1.82, 2.24) is 25.0 Å². The summed E-state index contributed by atoms with van der Waals surface area (Å²) in [5, 5.41) is 8.53. The van der Waals surface area contributed by atoms with Crippen molar-refractivity contribution in [2.75, 3.05) is 32.8 Å². The van der Waals surface area contributed by atoms with Crippen LogP contribution < -0.4 is 5.32 Å². The number of aromatic amines is 1. The molecule has 0 radical (unpaired) electrons. The Morgan fingerprint density at radius 2 is 2.03 bits per heavy atom. The highest BCUT2D eigenvalue weighted by atomic mass is 16.5. The lowest BCUT2D eigenvalue weighted by atomic mass is 9.94. The number of carbonyl (C=O) groups is 2. The summed E-state index contributed by atoms with van der Waals surface area (Å²) in [5.41, 5.74) is 3.17. The summed E-state index contributed by atoms with van der Waals surface area (Å²) in [6.45, 7) is 3.74. The maximum atomic E-state index is 12.9. The SMILES string of the molecule is O=C(NC[C@@H]1CCn2ncc(C(=O)N3CCOCC3)c2C1)c1cccc2cc[nH]c12. The second kappa shape index (κ2) is 7.95. The molecule has 4 heterocycles. The summed E-state index contributed by atoms with van der Waals surface area (Å²) in [6.07, 6.45) is 5.20. The van der Waals surface area contributed by atoms with Gasteiger partial charge in [0.15, 0.2) is 0 Å². The number of para-hydroxylation sites is 1. The van der Waals surface area contributed by atoms with Gasteiger partial charge in [0.1, 0.15) is 0 Å². The van der Waals surface area contributed by atoms with Crippen molar-refractivity contribution in [3.63, 3.8) is 0 Å². The highest BCUT2D eigenvalue weighted by Gasteiger charge is 2.28. The van der Waals surface area contributed by atoms with Crippen molar-refractivity contribution in [3.05, 3.63) is 53.5 Å². The Morgan fingerprint density at radius 3 is 2.90 bits per heavy atom. The van der Waals surface area contributed by atoms with Crippen LogP contribution in [0.2, 0.25) is 0 Å². The van der Waals surface area contributed by atoms with Crippen LogP contribution in [0, 0.1) is 5.92 Å². The lowest BCUT2D eigenvalue weighted by molar-refractivity contribution is 0.0301. The zero-order valence-corrected chi connectivity index (χ0v) is 16.8. The fraction of sp³-hybridized carbons (Fsp3) is 0.409. The summed E-state index contributed by atoms with van der Waals surface area (Å²) >= 11 is 0. The minimum absolute atomic E-state index is 0.0302. The minimum Gasteiger partial charge on any atom is -0.378 e. The molecule has 5 rings (SSSR count). The number of rotatable bonds is 4. The van der Waals surface area contributed by atoms with Gasteiger partial charge in [0.25, 0.3) is 11.8 Å². The van der Waals surface area contributed by atoms with E-state index in [0.29, 0.717) is 44.0 Å². The molecule has 8 heteroatoms. The third-order valence-electron chi connectivity index (χ3n) is 6.09. The van der Waals surface area contributed by atoms with Crippen LogP contribution in [-0.4, -0.2) is 64.3 Å². The van der Waals surface area contributed by atoms with Crippen LogP contribution in [0.1, 0.15) is 32.8 Å². The average Bonchev–Trinajstić information content (AvgIpc) is 3.44. The fourth-order valence-electron chi connectivity index (χ4n) is 4.40. The van der Waals surface area contributed by atoms with E-state index >= 15 is 0 Å². The van der Waals surface area contributed by atoms with Crippen molar-refractivity contribution in [2.45, 2.75) is 19.4 Å². The van der Waals surface area contributed by atoms with Gasteiger partial charge in [-0.15, -0.1) is 0 Å². The monoisotopic (exact) mass is 407 g/mol. The van der Waals surface area contributed by atoms with E-state index < -0.39 is 0 Å². The molecule has 8 nitrogen and oxygen atoms in total. The van der Waals surface area contributed by atoms with Gasteiger partial charge in [-0.3, -0.25) is 14.3 Å². The Kier molecular flexibility index (Phi) is 5.00. The highest BCUT2D eigenvalue weighted by Crippen LogP contribution is 2.24. The summed E-state index contributed by atoms with van der Waals surface area (Å²) in [7, 11) is 0. The quantitative estimate of drug-likeness (QED) is 0.690. The van der Waals surface area contributed by atoms with Crippen LogP contribution in [0.25, 0.3) is 10.9 Å². The normalized spacial score (nSPS) is 18.9. The van der Waals surface area contributed by atoms with E-state index in [1.54, 1.807) is 6.20 Å². The Hall–Kier alpha value is -3.13. The Balaban J connectivity index is 1.26. The van der Waals surface area contributed by atoms with Crippen LogP contribution in [0.3, 0.4) is 0 Å². The molecular weight excluding hydrogens is 382 g/mol. The van der Waals surface area contributed by atoms with Gasteiger partial charge in [-0.1, -0.05) is 12.1 Å². The molecule has 0 aliphatic carbocycles. The first kappa shape index (κ1) is 18.9. The van der Waals surface area contributed by atoms with Crippen LogP contribution in [0.15, 0.2) is 36.7 Å². The van der Waals surface area contributed by atoms with E-state index in [1.165, 1.54) is 0 Å². The number of morpholine rings is 1. The van der Waals surface area contributed by atoms with Gasteiger partial charge in [0, 0.05) is 37.8 Å². The number of aryl methyl sites for hydroxylation is 1. The van der Waals surface area contributed by atoms with E-state index in [0.717, 1.165) is 36.0 Å². The molecule has 2 aromatic heterocycles. The predicted octanol–water partition coefficient (Wildman–Crippen LogP) is 1.83. The third kappa shape index (κ3) is 3.47. The number of benzene rings is 1. The molecule has 2 N–H and O–H groups in total. The number of fused-ring (bicyclic) bond motifs is 2. The third-order valence-corrected chi connectivity index (χ3v) is 6.09. The fourth-order valence-corrected chi connectivity index (χ4v) is 4.40. The molecule has 0 unspecified atom stereocenters. The van der Waals surface area contributed by atoms with Gasteiger partial charge < -0.3 is 19.9 Å². The molecule has 30 heavy (non-hydrogen) atoms. The van der Waals surface area contributed by atoms with E-state index in [2.05, 4.69) is 15.4 Å². The number of hydrogen-bond acceptors (Lipinski definition) is 4. The molecule has 1 aromatic carbocycles. The average molecular weight is 407 g/mol. The maximum Gasteiger partial charge on any atom is 0.257 e. The van der Waals surface area contributed by atoms with Crippen LogP contribution in [0.4, 0.5) is 0 Å². The number of hydrogen-bond donors (Lipinski definition) is 2. The number of nitrogens with zero attached hydrogens (tertiary/aromatic N) is 3. The molecule has 3 aromatic rings. The smallest absolute Gasteiger partial charge is 0.257 e. The Morgan fingerprint density at radius 1 is 1.17 bits per heavy atom. The molecule has 156 valence electrons. The first-order chi connectivity index (χ1) is 14.7. The summed E-state index contributed by atoms with van der Waals surface area (Å²) < 4.78 is 7.29. The van der Waals surface area contributed by atoms with Crippen molar-refractivity contribution in [1.29, 1.82) is 0 Å². The zero-order valence-electron chi connectivity index (χ0n) is 16.8. The highest BCUT2D eigenvalue weighted by molar-refractivity contribution is 6.05. The number of amides is 2. The molecule has 0 saturated carbocycles. The lowest BCUT2D eigenvalue weighted by Gasteiger charge is -2.28. The summed E-state index contributed by atoms with van der Waals surface area (Å²) in [5.74, 6) is 0.228. The van der Waals surface area contributed by atoms with Gasteiger partial charge in [-0.05, 0) is 30.9 Å². The van der Waals surface area contributed by atoms with E-state index in [-0.39, 0.29) is 17.7 Å². The Labute approximate surface area is 174 Å². The lowest BCUT2D eigenvalue weighted by Crippen LogP contribution is -2.41. The van der Waals surface area contributed by atoms with Crippen LogP contribution >= 0.6 is 0 Å². The molecule has 0 spiro atoms. The zero-order chi connectivity index (χ0) is 20.5. The minimum atomic E-state index is -0.0771. The number of carbonyl (C=O) groups excluding carboxylic acids is 2. The summed E-state index contributed by atoms with van der Waals surface area (Å²) in [6, 6.07) is 7.68. The molecule has 1 saturated heterocycles. The van der Waals surface area contributed by atoms with E-state index in [1.807, 2.05) is 40.0 Å². The van der Waals surface area contributed by atoms with E-state index in [9.17, 15) is 9.59 Å².